The van der Waals surface area contributed by atoms with Crippen molar-refractivity contribution in [2.24, 2.45) is 0 Å². The van der Waals surface area contributed by atoms with Crippen molar-refractivity contribution in [2.75, 3.05) is 19.3 Å². The Bertz CT molecular complexity index is 732. The van der Waals surface area contributed by atoms with E-state index in [0.717, 1.165) is 4.90 Å². The smallest absolute Gasteiger partial charge is 0.251 e. The molecule has 0 aromatic heterocycles. The maximum absolute atomic E-state index is 13.4. The predicted octanol–water partition coefficient (Wildman–Crippen LogP) is 3.02. The summed E-state index contributed by atoms with van der Waals surface area (Å²) in [6.45, 7) is 2.20. The first kappa shape index (κ1) is 18.0. The molecule has 0 radical (unpaired) electrons. The van der Waals surface area contributed by atoms with Crippen LogP contribution in [0, 0.1) is 12.7 Å². The second kappa shape index (κ2) is 8.49. The molecule has 0 aliphatic rings. The summed E-state index contributed by atoms with van der Waals surface area (Å²) in [5, 5.41) is 5.38. The molecule has 126 valence electrons. The van der Waals surface area contributed by atoms with Crippen LogP contribution in [0.1, 0.15) is 26.3 Å². The van der Waals surface area contributed by atoms with Gasteiger partial charge in [-0.1, -0.05) is 6.07 Å². The van der Waals surface area contributed by atoms with Crippen molar-refractivity contribution < 1.29 is 14.0 Å². The van der Waals surface area contributed by atoms with E-state index < -0.39 is 5.82 Å². The summed E-state index contributed by atoms with van der Waals surface area (Å²) < 4.78 is 13.4. The molecule has 2 rings (SSSR count). The van der Waals surface area contributed by atoms with Crippen LogP contribution < -0.4 is 10.6 Å². The Morgan fingerprint density at radius 2 is 1.50 bits per heavy atom. The van der Waals surface area contributed by atoms with Gasteiger partial charge < -0.3 is 10.6 Å². The Morgan fingerprint density at radius 1 is 0.958 bits per heavy atom. The fourth-order valence-corrected chi connectivity index (χ4v) is 2.44. The number of rotatable bonds is 6. The van der Waals surface area contributed by atoms with Gasteiger partial charge in [0.25, 0.3) is 11.8 Å². The zero-order valence-electron chi connectivity index (χ0n) is 13.6. The minimum Gasteiger partial charge on any atom is -0.350 e. The average Bonchev–Trinajstić information content (AvgIpc) is 2.60. The van der Waals surface area contributed by atoms with Gasteiger partial charge in [0.05, 0.1) is 0 Å². The summed E-state index contributed by atoms with van der Waals surface area (Å²) in [7, 11) is 0. The minimum atomic E-state index is -0.412. The predicted molar refractivity (Wildman–Crippen MR) is 94.0 cm³/mol. The van der Waals surface area contributed by atoms with Gasteiger partial charge >= 0.3 is 0 Å². The molecule has 0 saturated carbocycles. The Morgan fingerprint density at radius 3 is 2.04 bits per heavy atom. The quantitative estimate of drug-likeness (QED) is 0.624. The number of nitrogens with one attached hydrogen (secondary N) is 2. The number of carbonyl (C=O) groups is 2. The van der Waals surface area contributed by atoms with E-state index in [1.807, 2.05) is 18.4 Å². The lowest BCUT2D eigenvalue weighted by Gasteiger charge is -2.08. The number of benzene rings is 2. The first-order valence-electron chi connectivity index (χ1n) is 7.48. The minimum absolute atomic E-state index is 0.196. The van der Waals surface area contributed by atoms with Crippen LogP contribution in [0.4, 0.5) is 4.39 Å². The van der Waals surface area contributed by atoms with Crippen molar-refractivity contribution in [1.82, 2.24) is 10.6 Å². The number of hydrogen-bond acceptors (Lipinski definition) is 3. The lowest BCUT2D eigenvalue weighted by Crippen LogP contribution is -2.34. The van der Waals surface area contributed by atoms with Gasteiger partial charge in [0.1, 0.15) is 5.82 Å². The number of amides is 2. The largest absolute Gasteiger partial charge is 0.350 e. The third-order valence-electron chi connectivity index (χ3n) is 3.48. The van der Waals surface area contributed by atoms with Crippen molar-refractivity contribution >= 4 is 23.6 Å². The molecule has 4 nitrogen and oxygen atoms in total. The molecule has 0 fully saturated rings. The zero-order chi connectivity index (χ0) is 17.5. The number of carbonyl (C=O) groups excluding carboxylic acids is 2. The molecule has 2 N–H and O–H groups in total. The normalized spacial score (nSPS) is 10.3. The Hall–Kier alpha value is -2.34. The van der Waals surface area contributed by atoms with Crippen LogP contribution >= 0.6 is 11.8 Å². The van der Waals surface area contributed by atoms with Crippen molar-refractivity contribution in [3.05, 3.63) is 65.0 Å². The number of halogens is 1. The van der Waals surface area contributed by atoms with E-state index in [4.69, 9.17) is 0 Å². The number of aryl methyl sites for hydroxylation is 1. The van der Waals surface area contributed by atoms with E-state index in [1.165, 1.54) is 6.07 Å². The Kier molecular flexibility index (Phi) is 6.37. The van der Waals surface area contributed by atoms with Crippen LogP contribution in [0.25, 0.3) is 0 Å². The van der Waals surface area contributed by atoms with Crippen molar-refractivity contribution in [1.29, 1.82) is 0 Å². The van der Waals surface area contributed by atoms with Crippen LogP contribution in [0.2, 0.25) is 0 Å². The highest BCUT2D eigenvalue weighted by Gasteiger charge is 2.08. The molecule has 2 aromatic carbocycles. The molecular formula is C18H19FN2O2S. The number of thioether (sulfide) groups is 1. The molecule has 2 aromatic rings. The summed E-state index contributed by atoms with van der Waals surface area (Å²) in [5.74, 6) is -0.976. The summed E-state index contributed by atoms with van der Waals surface area (Å²) >= 11 is 1.61. The second-order valence-corrected chi connectivity index (χ2v) is 6.08. The van der Waals surface area contributed by atoms with Crippen molar-refractivity contribution in [3.63, 3.8) is 0 Å². The fraction of sp³-hybridized carbons (Fsp3) is 0.222. The monoisotopic (exact) mass is 346 g/mol. The summed E-state index contributed by atoms with van der Waals surface area (Å²) in [4.78, 5) is 24.9. The van der Waals surface area contributed by atoms with Crippen molar-refractivity contribution in [3.8, 4) is 0 Å². The topological polar surface area (TPSA) is 58.2 Å². The van der Waals surface area contributed by atoms with Crippen LogP contribution in [-0.2, 0) is 0 Å². The van der Waals surface area contributed by atoms with E-state index in [0.29, 0.717) is 17.7 Å². The molecule has 24 heavy (non-hydrogen) atoms. The van der Waals surface area contributed by atoms with E-state index >= 15 is 0 Å². The molecule has 0 aliphatic heterocycles. The van der Waals surface area contributed by atoms with Crippen LogP contribution in [-0.4, -0.2) is 31.2 Å². The van der Waals surface area contributed by atoms with Gasteiger partial charge in [0, 0.05) is 29.1 Å². The first-order valence-corrected chi connectivity index (χ1v) is 8.70. The van der Waals surface area contributed by atoms with Crippen LogP contribution in [0.3, 0.4) is 0 Å². The first-order chi connectivity index (χ1) is 11.5. The van der Waals surface area contributed by atoms with Gasteiger partial charge in [0.2, 0.25) is 0 Å². The lowest BCUT2D eigenvalue weighted by molar-refractivity contribution is 0.0927. The molecule has 0 saturated heterocycles. The molecule has 0 atom stereocenters. The van der Waals surface area contributed by atoms with Crippen LogP contribution in [0.15, 0.2) is 47.4 Å². The van der Waals surface area contributed by atoms with Gasteiger partial charge in [-0.25, -0.2) is 4.39 Å². The molecule has 0 heterocycles. The third-order valence-corrected chi connectivity index (χ3v) is 4.23. The highest BCUT2D eigenvalue weighted by Crippen LogP contribution is 2.14. The average molecular weight is 346 g/mol. The van der Waals surface area contributed by atoms with E-state index in [9.17, 15) is 14.0 Å². The molecular weight excluding hydrogens is 327 g/mol. The molecule has 0 unspecified atom stereocenters. The van der Waals surface area contributed by atoms with E-state index in [1.54, 1.807) is 43.0 Å². The van der Waals surface area contributed by atoms with Crippen molar-refractivity contribution in [2.45, 2.75) is 11.8 Å². The van der Waals surface area contributed by atoms with Gasteiger partial charge in [-0.2, -0.15) is 0 Å². The molecule has 6 heteroatoms. The summed E-state index contributed by atoms with van der Waals surface area (Å²) in [6, 6.07) is 11.6. The zero-order valence-corrected chi connectivity index (χ0v) is 14.4. The molecule has 0 aliphatic carbocycles. The standard InChI is InChI=1S/C18H19FN2O2S/c1-12-3-4-14(11-16(12)19)18(23)21-10-9-20-17(22)13-5-7-15(24-2)8-6-13/h3-8,11H,9-10H2,1-2H3,(H,20,22)(H,21,23). The molecule has 2 amide bonds. The van der Waals surface area contributed by atoms with Gasteiger partial charge in [-0.05, 0) is 55.1 Å². The Labute approximate surface area is 144 Å². The van der Waals surface area contributed by atoms with E-state index in [-0.39, 0.29) is 23.9 Å². The van der Waals surface area contributed by atoms with Gasteiger partial charge in [-0.3, -0.25) is 9.59 Å². The van der Waals surface area contributed by atoms with E-state index in [2.05, 4.69) is 10.6 Å². The van der Waals surface area contributed by atoms with Crippen LogP contribution in [0.5, 0.6) is 0 Å². The summed E-state index contributed by atoms with van der Waals surface area (Å²) in [6.07, 6.45) is 1.97. The second-order valence-electron chi connectivity index (χ2n) is 5.20. The lowest BCUT2D eigenvalue weighted by atomic mass is 10.1. The molecule has 0 bridgehead atoms. The van der Waals surface area contributed by atoms with Gasteiger partial charge in [-0.15, -0.1) is 11.8 Å². The molecule has 0 spiro atoms. The maximum atomic E-state index is 13.4. The third kappa shape index (κ3) is 4.83. The number of hydrogen-bond donors (Lipinski definition) is 2. The SMILES string of the molecule is CSc1ccc(C(=O)NCCNC(=O)c2ccc(C)c(F)c2)cc1. The highest BCUT2D eigenvalue weighted by molar-refractivity contribution is 7.98. The highest BCUT2D eigenvalue weighted by atomic mass is 32.2. The summed E-state index contributed by atoms with van der Waals surface area (Å²) in [5.41, 5.74) is 1.32. The fourth-order valence-electron chi connectivity index (χ4n) is 2.03. The Balaban J connectivity index is 1.78. The van der Waals surface area contributed by atoms with Gasteiger partial charge in [0.15, 0.2) is 0 Å². The maximum Gasteiger partial charge on any atom is 0.251 e.